The topological polar surface area (TPSA) is 52.6 Å². The maximum Gasteiger partial charge on any atom is 0.333 e. The fraction of sp³-hybridized carbons (Fsp3) is 0.667. The molecule has 0 heterocycles. The van der Waals surface area contributed by atoms with Gasteiger partial charge in [0.05, 0.1) is 6.61 Å². The fourth-order valence-electron chi connectivity index (χ4n) is 1.18. The van der Waals surface area contributed by atoms with E-state index < -0.39 is 5.60 Å². The van der Waals surface area contributed by atoms with E-state index in [9.17, 15) is 9.59 Å². The van der Waals surface area contributed by atoms with Gasteiger partial charge in [-0.25, -0.2) is 9.59 Å². The second kappa shape index (κ2) is 12.0. The van der Waals surface area contributed by atoms with Crippen molar-refractivity contribution in [3.63, 3.8) is 0 Å². The van der Waals surface area contributed by atoms with Crippen LogP contribution in [0.5, 0.6) is 0 Å². The number of esters is 2. The lowest BCUT2D eigenvalue weighted by Crippen LogP contribution is -2.23. The van der Waals surface area contributed by atoms with E-state index in [2.05, 4.69) is 20.1 Å². The van der Waals surface area contributed by atoms with Gasteiger partial charge in [0, 0.05) is 11.1 Å². The summed E-state index contributed by atoms with van der Waals surface area (Å²) < 4.78 is 9.87. The minimum absolute atomic E-state index is 0.272. The Morgan fingerprint density at radius 2 is 1.41 bits per heavy atom. The Morgan fingerprint density at radius 3 is 1.73 bits per heavy atom. The second-order valence-corrected chi connectivity index (χ2v) is 6.26. The van der Waals surface area contributed by atoms with E-state index in [0.717, 1.165) is 12.8 Å². The van der Waals surface area contributed by atoms with E-state index in [1.807, 2.05) is 20.8 Å². The van der Waals surface area contributed by atoms with Crippen molar-refractivity contribution in [1.29, 1.82) is 0 Å². The summed E-state index contributed by atoms with van der Waals surface area (Å²) in [5.41, 5.74) is 0.510. The first kappa shape index (κ1) is 22.7. The van der Waals surface area contributed by atoms with E-state index in [4.69, 9.17) is 9.47 Å². The third-order valence-corrected chi connectivity index (χ3v) is 2.33. The van der Waals surface area contributed by atoms with Crippen LogP contribution < -0.4 is 0 Å². The van der Waals surface area contributed by atoms with Crippen molar-refractivity contribution in [1.82, 2.24) is 0 Å². The van der Waals surface area contributed by atoms with Gasteiger partial charge in [-0.15, -0.1) is 0 Å². The minimum atomic E-state index is -0.407. The predicted molar refractivity (Wildman–Crippen MR) is 90.6 cm³/mol. The highest BCUT2D eigenvalue weighted by Gasteiger charge is 2.15. The summed E-state index contributed by atoms with van der Waals surface area (Å²) in [4.78, 5) is 21.7. The van der Waals surface area contributed by atoms with Gasteiger partial charge >= 0.3 is 11.9 Å². The summed E-state index contributed by atoms with van der Waals surface area (Å²) in [7, 11) is 0. The van der Waals surface area contributed by atoms with Crippen LogP contribution in [0.15, 0.2) is 24.3 Å². The summed E-state index contributed by atoms with van der Waals surface area (Å²) in [6, 6.07) is 0. The highest BCUT2D eigenvalue weighted by atomic mass is 16.6. The summed E-state index contributed by atoms with van der Waals surface area (Å²) in [6.07, 6.45) is 4.52. The van der Waals surface area contributed by atoms with Crippen molar-refractivity contribution in [2.24, 2.45) is 0 Å². The number of rotatable bonds is 7. The molecule has 0 radical (unpaired) electrons. The second-order valence-electron chi connectivity index (χ2n) is 6.26. The zero-order valence-electron chi connectivity index (χ0n) is 15.1. The molecule has 0 saturated heterocycles. The first-order valence-electron chi connectivity index (χ1n) is 7.72. The van der Waals surface area contributed by atoms with E-state index in [1.54, 1.807) is 13.8 Å². The van der Waals surface area contributed by atoms with Crippen molar-refractivity contribution in [2.75, 3.05) is 6.61 Å². The monoisotopic (exact) mass is 312 g/mol. The van der Waals surface area contributed by atoms with E-state index in [-0.39, 0.29) is 11.9 Å². The van der Waals surface area contributed by atoms with Crippen LogP contribution in [0.25, 0.3) is 0 Å². The molecule has 0 fully saturated rings. The van der Waals surface area contributed by atoms with Crippen LogP contribution in [0.1, 0.15) is 67.2 Å². The molecule has 0 bridgehead atoms. The fourth-order valence-corrected chi connectivity index (χ4v) is 1.18. The maximum atomic E-state index is 10.9. The first-order valence-corrected chi connectivity index (χ1v) is 7.72. The Hall–Kier alpha value is -1.58. The lowest BCUT2D eigenvalue weighted by Gasteiger charge is -2.19. The number of carbonyl (C=O) groups is 2. The molecular formula is C18H32O4. The quantitative estimate of drug-likeness (QED) is 0.392. The van der Waals surface area contributed by atoms with Crippen molar-refractivity contribution >= 4 is 11.9 Å². The number of unbranched alkanes of at least 4 members (excludes halogenated alkanes) is 3. The molecule has 0 aliphatic heterocycles. The molecule has 0 amide bonds. The standard InChI is InChI=1S/C10H18O2.C8H14O2/c1-4-5-6-7-8-12-10(11)9(2)3;1-6(2)7(9)10-8(3,4)5/h2,4-8H2,1,3H3;1H2,2-5H3. The van der Waals surface area contributed by atoms with Gasteiger partial charge in [-0.1, -0.05) is 39.3 Å². The van der Waals surface area contributed by atoms with Gasteiger partial charge < -0.3 is 9.47 Å². The Labute approximate surface area is 135 Å². The van der Waals surface area contributed by atoms with E-state index in [1.165, 1.54) is 12.8 Å². The third-order valence-electron chi connectivity index (χ3n) is 2.33. The molecule has 4 nitrogen and oxygen atoms in total. The van der Waals surface area contributed by atoms with Gasteiger partial charge in [-0.3, -0.25) is 0 Å². The molecule has 0 rings (SSSR count). The molecule has 0 spiro atoms. The van der Waals surface area contributed by atoms with Crippen LogP contribution in [0, 0.1) is 0 Å². The lowest BCUT2D eigenvalue weighted by molar-refractivity contribution is -0.149. The summed E-state index contributed by atoms with van der Waals surface area (Å²) in [5, 5.41) is 0. The number of hydrogen-bond donors (Lipinski definition) is 0. The van der Waals surface area contributed by atoms with Gasteiger partial charge in [0.25, 0.3) is 0 Å². The van der Waals surface area contributed by atoms with E-state index >= 15 is 0 Å². The third kappa shape index (κ3) is 16.5. The normalized spacial score (nSPS) is 10.1. The zero-order valence-corrected chi connectivity index (χ0v) is 15.1. The molecule has 0 saturated carbocycles. The average Bonchev–Trinajstić information content (AvgIpc) is 2.36. The molecule has 0 aromatic rings. The predicted octanol–water partition coefficient (Wildman–Crippen LogP) is 4.59. The molecule has 0 aliphatic carbocycles. The highest BCUT2D eigenvalue weighted by Crippen LogP contribution is 2.09. The smallest absolute Gasteiger partial charge is 0.333 e. The van der Waals surface area contributed by atoms with Crippen LogP contribution in [0.2, 0.25) is 0 Å². The van der Waals surface area contributed by atoms with Crippen molar-refractivity contribution in [2.45, 2.75) is 72.8 Å². The molecule has 0 aromatic carbocycles. The van der Waals surface area contributed by atoms with Gasteiger partial charge in [0.15, 0.2) is 0 Å². The van der Waals surface area contributed by atoms with Crippen LogP contribution >= 0.6 is 0 Å². The Morgan fingerprint density at radius 1 is 0.909 bits per heavy atom. The molecular weight excluding hydrogens is 280 g/mol. The van der Waals surface area contributed by atoms with Crippen molar-refractivity contribution in [3.8, 4) is 0 Å². The number of carbonyl (C=O) groups excluding carboxylic acids is 2. The summed E-state index contributed by atoms with van der Waals surface area (Å²) in [5.74, 6) is -0.598. The SMILES string of the molecule is C=C(C)C(=O)OC(C)(C)C.C=C(C)C(=O)OCCCCCC. The number of hydrogen-bond acceptors (Lipinski definition) is 4. The molecule has 128 valence electrons. The Kier molecular flexibility index (Phi) is 12.4. The molecule has 0 aliphatic rings. The lowest BCUT2D eigenvalue weighted by atomic mass is 10.2. The Bertz CT molecular complexity index is 375. The van der Waals surface area contributed by atoms with Gasteiger partial charge in [0.2, 0.25) is 0 Å². The van der Waals surface area contributed by atoms with Crippen LogP contribution in [-0.4, -0.2) is 24.1 Å². The average molecular weight is 312 g/mol. The molecule has 0 atom stereocenters. The van der Waals surface area contributed by atoms with Gasteiger partial charge in [-0.2, -0.15) is 0 Å². The number of ether oxygens (including phenoxy) is 2. The maximum absolute atomic E-state index is 10.9. The summed E-state index contributed by atoms with van der Waals surface area (Å²) >= 11 is 0. The molecule has 0 unspecified atom stereocenters. The molecule has 22 heavy (non-hydrogen) atoms. The van der Waals surface area contributed by atoms with Gasteiger partial charge in [0.1, 0.15) is 5.60 Å². The largest absolute Gasteiger partial charge is 0.462 e. The van der Waals surface area contributed by atoms with Crippen molar-refractivity contribution in [3.05, 3.63) is 24.3 Å². The minimum Gasteiger partial charge on any atom is -0.462 e. The molecule has 4 heteroatoms. The Balaban J connectivity index is 0. The first-order chi connectivity index (χ1) is 10.0. The van der Waals surface area contributed by atoms with E-state index in [0.29, 0.717) is 17.8 Å². The van der Waals surface area contributed by atoms with Crippen LogP contribution in [-0.2, 0) is 19.1 Å². The molecule has 0 N–H and O–H groups in total. The van der Waals surface area contributed by atoms with Crippen molar-refractivity contribution < 1.29 is 19.1 Å². The highest BCUT2D eigenvalue weighted by molar-refractivity contribution is 5.87. The van der Waals surface area contributed by atoms with Crippen LogP contribution in [0.3, 0.4) is 0 Å². The van der Waals surface area contributed by atoms with Gasteiger partial charge in [-0.05, 0) is 41.0 Å². The zero-order chi connectivity index (χ0) is 17.8. The molecule has 0 aromatic heterocycles. The van der Waals surface area contributed by atoms with Crippen LogP contribution in [0.4, 0.5) is 0 Å². The summed E-state index contributed by atoms with van der Waals surface area (Å²) in [6.45, 7) is 18.4.